The monoisotopic (exact) mass is 264 g/mol. The van der Waals surface area contributed by atoms with Crippen LogP contribution in [-0.2, 0) is 0 Å². The van der Waals surface area contributed by atoms with Crippen LogP contribution in [0.15, 0.2) is 29.2 Å². The van der Waals surface area contributed by atoms with Gasteiger partial charge in [-0.05, 0) is 31.7 Å². The molecular formula is C15H24N2S. The van der Waals surface area contributed by atoms with Crippen molar-refractivity contribution in [1.82, 2.24) is 5.32 Å². The maximum Gasteiger partial charge on any atom is 0.0507 e. The van der Waals surface area contributed by atoms with Crippen LogP contribution in [0.4, 0.5) is 5.69 Å². The zero-order chi connectivity index (χ0) is 13.0. The van der Waals surface area contributed by atoms with E-state index in [0.29, 0.717) is 12.1 Å². The quantitative estimate of drug-likeness (QED) is 0.839. The summed E-state index contributed by atoms with van der Waals surface area (Å²) < 4.78 is 0. The molecule has 0 radical (unpaired) electrons. The molecular weight excluding hydrogens is 240 g/mol. The molecule has 100 valence electrons. The number of para-hydroxylation sites is 1. The molecule has 0 saturated carbocycles. The molecule has 0 aromatic heterocycles. The molecule has 1 aliphatic rings. The molecule has 0 bridgehead atoms. The summed E-state index contributed by atoms with van der Waals surface area (Å²) in [5.41, 5.74) is 1.40. The minimum atomic E-state index is 0.575. The fraction of sp³-hybridized carbons (Fsp3) is 0.600. The van der Waals surface area contributed by atoms with E-state index in [9.17, 15) is 0 Å². The Bertz CT molecular complexity index is 381. The molecule has 2 unspecified atom stereocenters. The van der Waals surface area contributed by atoms with Crippen molar-refractivity contribution in [3.63, 3.8) is 0 Å². The number of benzene rings is 1. The van der Waals surface area contributed by atoms with E-state index in [0.717, 1.165) is 13.1 Å². The fourth-order valence-corrected chi connectivity index (χ4v) is 3.28. The van der Waals surface area contributed by atoms with Gasteiger partial charge in [0.2, 0.25) is 0 Å². The van der Waals surface area contributed by atoms with E-state index >= 15 is 0 Å². The average molecular weight is 264 g/mol. The molecule has 0 spiro atoms. The van der Waals surface area contributed by atoms with Gasteiger partial charge in [-0.25, -0.2) is 0 Å². The molecule has 1 heterocycles. The van der Waals surface area contributed by atoms with Crippen molar-refractivity contribution >= 4 is 17.4 Å². The van der Waals surface area contributed by atoms with Crippen molar-refractivity contribution in [3.05, 3.63) is 24.3 Å². The molecule has 18 heavy (non-hydrogen) atoms. The molecule has 2 rings (SSSR count). The van der Waals surface area contributed by atoms with Gasteiger partial charge in [-0.15, -0.1) is 11.8 Å². The molecule has 1 saturated heterocycles. The first-order chi connectivity index (χ1) is 8.76. The second kappa shape index (κ2) is 6.48. The number of nitrogens with zero attached hydrogens (tertiary/aromatic N) is 1. The highest BCUT2D eigenvalue weighted by molar-refractivity contribution is 7.98. The maximum atomic E-state index is 3.66. The normalized spacial score (nSPS) is 24.3. The number of thioether (sulfide) groups is 1. The first-order valence-corrected chi connectivity index (χ1v) is 8.11. The lowest BCUT2D eigenvalue weighted by atomic mass is 10.1. The van der Waals surface area contributed by atoms with Gasteiger partial charge in [0.05, 0.1) is 5.69 Å². The smallest absolute Gasteiger partial charge is 0.0507 e. The van der Waals surface area contributed by atoms with Gasteiger partial charge in [0.25, 0.3) is 0 Å². The summed E-state index contributed by atoms with van der Waals surface area (Å²) in [6.07, 6.45) is 4.68. The van der Waals surface area contributed by atoms with E-state index in [1.807, 2.05) is 11.8 Å². The van der Waals surface area contributed by atoms with Crippen LogP contribution in [0, 0.1) is 0 Å². The molecule has 2 atom stereocenters. The van der Waals surface area contributed by atoms with Gasteiger partial charge >= 0.3 is 0 Å². The van der Waals surface area contributed by atoms with E-state index < -0.39 is 0 Å². The summed E-state index contributed by atoms with van der Waals surface area (Å²) in [7, 11) is 0. The Morgan fingerprint density at radius 2 is 2.17 bits per heavy atom. The first-order valence-electron chi connectivity index (χ1n) is 6.89. The SMILES string of the molecule is CCCC1CN(c2ccccc2SC)C(C)CN1. The largest absolute Gasteiger partial charge is 0.365 e. The van der Waals surface area contributed by atoms with Gasteiger partial charge in [0.15, 0.2) is 0 Å². The van der Waals surface area contributed by atoms with Crippen LogP contribution in [0.5, 0.6) is 0 Å². The number of rotatable bonds is 4. The summed E-state index contributed by atoms with van der Waals surface area (Å²) in [6, 6.07) is 9.98. The maximum absolute atomic E-state index is 3.66. The summed E-state index contributed by atoms with van der Waals surface area (Å²) in [6.45, 7) is 6.80. The molecule has 2 nitrogen and oxygen atoms in total. The molecule has 1 aliphatic heterocycles. The van der Waals surface area contributed by atoms with Gasteiger partial charge in [-0.2, -0.15) is 0 Å². The van der Waals surface area contributed by atoms with Crippen molar-refractivity contribution in [1.29, 1.82) is 0 Å². The highest BCUT2D eigenvalue weighted by Crippen LogP contribution is 2.30. The third-order valence-corrected chi connectivity index (χ3v) is 4.47. The van der Waals surface area contributed by atoms with Crippen molar-refractivity contribution in [2.45, 2.75) is 43.7 Å². The second-order valence-corrected chi connectivity index (χ2v) is 5.92. The summed E-state index contributed by atoms with van der Waals surface area (Å²) in [4.78, 5) is 3.96. The Kier molecular flexibility index (Phi) is 4.95. The van der Waals surface area contributed by atoms with Crippen LogP contribution in [0.2, 0.25) is 0 Å². The lowest BCUT2D eigenvalue weighted by molar-refractivity contribution is 0.385. The van der Waals surface area contributed by atoms with Gasteiger partial charge < -0.3 is 10.2 Å². The second-order valence-electron chi connectivity index (χ2n) is 5.07. The Balaban J connectivity index is 2.18. The highest BCUT2D eigenvalue weighted by atomic mass is 32.2. The Hall–Kier alpha value is -0.670. The topological polar surface area (TPSA) is 15.3 Å². The molecule has 1 aromatic carbocycles. The predicted molar refractivity (Wildman–Crippen MR) is 81.7 cm³/mol. The van der Waals surface area contributed by atoms with Crippen molar-refractivity contribution < 1.29 is 0 Å². The number of piperazine rings is 1. The lowest BCUT2D eigenvalue weighted by Crippen LogP contribution is -2.55. The lowest BCUT2D eigenvalue weighted by Gasteiger charge is -2.41. The first kappa shape index (κ1) is 13.8. The molecule has 1 fully saturated rings. The molecule has 0 amide bonds. The standard InChI is InChI=1S/C15H24N2S/c1-4-7-13-11-17(12(2)10-16-13)14-8-5-6-9-15(14)18-3/h5-6,8-9,12-13,16H,4,7,10-11H2,1-3H3. The number of hydrogen-bond acceptors (Lipinski definition) is 3. The summed E-state index contributed by atoms with van der Waals surface area (Å²) in [5.74, 6) is 0. The third-order valence-electron chi connectivity index (χ3n) is 3.68. The third kappa shape index (κ3) is 3.01. The van der Waals surface area contributed by atoms with Crippen molar-refractivity contribution in [2.24, 2.45) is 0 Å². The predicted octanol–water partition coefficient (Wildman–Crippen LogP) is 3.38. The van der Waals surface area contributed by atoms with Crippen LogP contribution >= 0.6 is 11.8 Å². The minimum Gasteiger partial charge on any atom is -0.365 e. The molecule has 1 N–H and O–H groups in total. The number of anilines is 1. The van der Waals surface area contributed by atoms with Gasteiger partial charge in [0, 0.05) is 30.1 Å². The van der Waals surface area contributed by atoms with Crippen LogP contribution in [0.25, 0.3) is 0 Å². The number of nitrogens with one attached hydrogen (secondary N) is 1. The Labute approximate surface area is 115 Å². The van der Waals surface area contributed by atoms with Gasteiger partial charge in [0.1, 0.15) is 0 Å². The highest BCUT2D eigenvalue weighted by Gasteiger charge is 2.25. The molecule has 3 heteroatoms. The zero-order valence-corrected chi connectivity index (χ0v) is 12.5. The van der Waals surface area contributed by atoms with E-state index in [1.54, 1.807) is 0 Å². The van der Waals surface area contributed by atoms with E-state index in [-0.39, 0.29) is 0 Å². The zero-order valence-electron chi connectivity index (χ0n) is 11.6. The molecule has 1 aromatic rings. The van der Waals surface area contributed by atoms with Crippen molar-refractivity contribution in [2.75, 3.05) is 24.2 Å². The van der Waals surface area contributed by atoms with Gasteiger partial charge in [-0.1, -0.05) is 25.5 Å². The minimum absolute atomic E-state index is 0.575. The van der Waals surface area contributed by atoms with E-state index in [2.05, 4.69) is 54.6 Å². The Morgan fingerprint density at radius 1 is 1.39 bits per heavy atom. The van der Waals surface area contributed by atoms with Gasteiger partial charge in [-0.3, -0.25) is 0 Å². The summed E-state index contributed by atoms with van der Waals surface area (Å²) in [5, 5.41) is 3.66. The van der Waals surface area contributed by atoms with Crippen LogP contribution in [0.3, 0.4) is 0 Å². The Morgan fingerprint density at radius 3 is 2.89 bits per heavy atom. The average Bonchev–Trinajstić information content (AvgIpc) is 2.41. The van der Waals surface area contributed by atoms with Crippen LogP contribution < -0.4 is 10.2 Å². The number of hydrogen-bond donors (Lipinski definition) is 1. The summed E-state index contributed by atoms with van der Waals surface area (Å²) >= 11 is 1.84. The van der Waals surface area contributed by atoms with Crippen molar-refractivity contribution in [3.8, 4) is 0 Å². The van der Waals surface area contributed by atoms with Crippen LogP contribution in [0.1, 0.15) is 26.7 Å². The van der Waals surface area contributed by atoms with E-state index in [4.69, 9.17) is 0 Å². The van der Waals surface area contributed by atoms with E-state index in [1.165, 1.54) is 23.4 Å². The molecule has 0 aliphatic carbocycles. The fourth-order valence-electron chi connectivity index (χ4n) is 2.67. The van der Waals surface area contributed by atoms with Crippen LogP contribution in [-0.4, -0.2) is 31.4 Å².